The first-order chi connectivity index (χ1) is 31.7. The molecule has 4 heterocycles. The zero-order valence-corrected chi connectivity index (χ0v) is 35.2. The van der Waals surface area contributed by atoms with E-state index >= 15 is 0 Å². The van der Waals surface area contributed by atoms with E-state index in [9.17, 15) is 0 Å². The predicted molar refractivity (Wildman–Crippen MR) is 240 cm³/mol. The van der Waals surface area contributed by atoms with E-state index in [2.05, 4.69) is 94.7 Å². The molecule has 7 heteroatoms. The monoisotopic (exact) mass is 973 g/mol. The number of nitrogens with zero attached hydrogens (tertiary/aromatic N) is 4. The Kier molecular flexibility index (Phi) is 8.46. The number of ether oxygens (including phenoxy) is 2. The molecule has 9 aromatic rings. The minimum atomic E-state index is -0.434. The molecule has 11 rings (SSSR count). The van der Waals surface area contributed by atoms with Crippen molar-refractivity contribution in [3.63, 3.8) is 0 Å². The summed E-state index contributed by atoms with van der Waals surface area (Å²) in [6.45, 7) is 3.89. The molecule has 0 amide bonds. The van der Waals surface area contributed by atoms with Crippen LogP contribution in [0, 0.1) is 25.7 Å². The van der Waals surface area contributed by atoms with Gasteiger partial charge in [0.2, 0.25) is 0 Å². The fourth-order valence-corrected chi connectivity index (χ4v) is 8.26. The van der Waals surface area contributed by atoms with Crippen LogP contribution in [0.4, 0.5) is 0 Å². The topological polar surface area (TPSA) is 42.8 Å². The number of rotatable bonds is 8. The quantitative estimate of drug-likeness (QED) is 0.142. The molecule has 2 aromatic heterocycles. The summed E-state index contributed by atoms with van der Waals surface area (Å²) < 4.78 is 56.6. The van der Waals surface area contributed by atoms with Crippen LogP contribution in [0.5, 0.6) is 11.5 Å². The molecule has 0 unspecified atom stereocenters. The summed E-state index contributed by atoms with van der Waals surface area (Å²) in [7, 11) is 2.04. The summed E-state index contributed by atoms with van der Waals surface area (Å²) in [5.74, 6) is 2.24. The van der Waals surface area contributed by atoms with Gasteiger partial charge in [-0.05, 0) is 70.6 Å². The van der Waals surface area contributed by atoms with Crippen LogP contribution in [0.1, 0.15) is 23.5 Å². The molecule has 6 nitrogen and oxygen atoms in total. The van der Waals surface area contributed by atoms with Gasteiger partial charge in [-0.1, -0.05) is 139 Å². The van der Waals surface area contributed by atoms with E-state index in [-0.39, 0.29) is 50.8 Å². The van der Waals surface area contributed by atoms with Gasteiger partial charge in [0.1, 0.15) is 5.82 Å². The summed E-state index contributed by atoms with van der Waals surface area (Å²) in [6.07, 6.45) is 3.33. The third-order valence-corrected chi connectivity index (χ3v) is 11.0. The summed E-state index contributed by atoms with van der Waals surface area (Å²) in [6, 6.07) is 52.1. The van der Waals surface area contributed by atoms with Crippen molar-refractivity contribution in [3.05, 3.63) is 224 Å². The molecule has 61 heavy (non-hydrogen) atoms. The van der Waals surface area contributed by atoms with Crippen molar-refractivity contribution in [3.8, 4) is 50.7 Å². The van der Waals surface area contributed by atoms with Crippen LogP contribution in [0.25, 0.3) is 72.4 Å². The van der Waals surface area contributed by atoms with Gasteiger partial charge in [-0.3, -0.25) is 0 Å². The fraction of sp³-hybridized carbons (Fsp3) is 0.0370. The first-order valence-electron chi connectivity index (χ1n) is 22.1. The number of hydrogen-bond donors (Lipinski definition) is 0. The zero-order chi connectivity index (χ0) is 44.5. The van der Waals surface area contributed by atoms with Crippen molar-refractivity contribution >= 4 is 33.2 Å². The molecular weight excluding hydrogens is 932 g/mol. The normalized spacial score (nSPS) is 14.5. The maximum Gasteiger partial charge on any atom is 0.184 e. The number of pyridine rings is 1. The van der Waals surface area contributed by atoms with Crippen molar-refractivity contribution in [1.29, 1.82) is 0 Å². The molecule has 0 N–H and O–H groups in total. The predicted octanol–water partition coefficient (Wildman–Crippen LogP) is 12.9. The van der Waals surface area contributed by atoms with E-state index in [1.165, 1.54) is 0 Å². The molecule has 2 aliphatic rings. The summed E-state index contributed by atoms with van der Waals surface area (Å²) in [5.41, 5.74) is 10.9. The van der Waals surface area contributed by atoms with Gasteiger partial charge in [-0.15, -0.1) is 41.3 Å². The van der Waals surface area contributed by atoms with Gasteiger partial charge in [-0.2, -0.15) is 12.7 Å². The molecule has 0 aliphatic carbocycles. The van der Waals surface area contributed by atoms with Gasteiger partial charge < -0.3 is 23.8 Å². The summed E-state index contributed by atoms with van der Waals surface area (Å²) >= 11 is 0. The number of para-hydroxylation sites is 1. The van der Waals surface area contributed by atoms with Crippen LogP contribution >= 0.6 is 0 Å². The first-order valence-corrected chi connectivity index (χ1v) is 19.6. The van der Waals surface area contributed by atoms with Gasteiger partial charge >= 0.3 is 0 Å². The minimum absolute atomic E-state index is 0. The number of aromatic nitrogens is 2. The Morgan fingerprint density at radius 2 is 1.38 bits per heavy atom. The van der Waals surface area contributed by atoms with Crippen LogP contribution in [0.3, 0.4) is 0 Å². The van der Waals surface area contributed by atoms with E-state index in [1.54, 1.807) is 12.5 Å². The second kappa shape index (κ2) is 15.8. The molecule has 298 valence electrons. The van der Waals surface area contributed by atoms with E-state index in [0.29, 0.717) is 34.3 Å². The molecule has 0 saturated heterocycles. The molecule has 0 saturated carbocycles. The van der Waals surface area contributed by atoms with Crippen LogP contribution in [0.2, 0.25) is 0 Å². The number of aryl methyl sites for hydroxylation is 1. The number of benzene rings is 7. The van der Waals surface area contributed by atoms with Gasteiger partial charge in [0.15, 0.2) is 5.88 Å². The third-order valence-electron chi connectivity index (χ3n) is 11.0. The molecule has 0 fully saturated rings. The fourth-order valence-electron chi connectivity index (χ4n) is 8.26. The van der Waals surface area contributed by atoms with E-state index in [4.69, 9.17) is 21.3 Å². The molecule has 7 aromatic carbocycles. The van der Waals surface area contributed by atoms with Gasteiger partial charge in [0, 0.05) is 55.4 Å². The number of hydrogen-bond acceptors (Lipinski definition) is 5. The van der Waals surface area contributed by atoms with E-state index in [0.717, 1.165) is 66.6 Å². The Labute approximate surface area is 376 Å². The van der Waals surface area contributed by atoms with Crippen LogP contribution in [-0.2, 0) is 25.8 Å². The molecule has 0 radical (unpaired) electrons. The Hall–Kier alpha value is -7.14. The Bertz CT molecular complexity index is 3380. The van der Waals surface area contributed by atoms with Crippen LogP contribution < -0.4 is 4.74 Å². The summed E-state index contributed by atoms with van der Waals surface area (Å²) in [5, 5.41) is 1.94. The van der Waals surface area contributed by atoms with Crippen molar-refractivity contribution in [1.82, 2.24) is 19.4 Å². The summed E-state index contributed by atoms with van der Waals surface area (Å²) in [4.78, 5) is 8.98. The average molecular weight is 974 g/mol. The molecular formula is C54H37N4O2Pt-3. The maximum absolute atomic E-state index is 8.56. The average Bonchev–Trinajstić information content (AvgIpc) is 4.00. The van der Waals surface area contributed by atoms with Crippen LogP contribution in [0.15, 0.2) is 188 Å². The van der Waals surface area contributed by atoms with E-state index < -0.39 is 6.04 Å². The van der Waals surface area contributed by atoms with Gasteiger partial charge in [0.25, 0.3) is 0 Å². The van der Waals surface area contributed by atoms with Crippen LogP contribution in [-0.4, -0.2) is 26.4 Å². The molecule has 0 spiro atoms. The third kappa shape index (κ3) is 6.70. The molecule has 0 bridgehead atoms. The van der Waals surface area contributed by atoms with Crippen molar-refractivity contribution < 1.29 is 37.4 Å². The van der Waals surface area contributed by atoms with Gasteiger partial charge in [-0.25, -0.2) is 4.98 Å². The van der Waals surface area contributed by atoms with Crippen molar-refractivity contribution in [2.24, 2.45) is 0 Å². The SMILES string of the molecule is [2H]c1c([2H])c([2H])c(-c2cnc(-n3c4[c-]c(Oc5[c-]c(C6=COC7=C(c8c(-c9ccccc9)cccc8-c8ccccc8)N(C)[CH-]N67)ccc5)ccc4c4ccccc43)cc2C)c([2H])c1[2H].[Pt]. The second-order valence-electron chi connectivity index (χ2n) is 14.7. The Balaban J connectivity index is 0.00000511. The Morgan fingerprint density at radius 1 is 0.689 bits per heavy atom. The van der Waals surface area contributed by atoms with Crippen molar-refractivity contribution in [2.45, 2.75) is 6.92 Å². The molecule has 2 aliphatic heterocycles. The minimum Gasteiger partial charge on any atom is -0.503 e. The largest absolute Gasteiger partial charge is 0.503 e. The zero-order valence-electron chi connectivity index (χ0n) is 37.9. The molecule has 0 atom stereocenters. The first kappa shape index (κ1) is 32.7. The van der Waals surface area contributed by atoms with E-state index in [1.807, 2.05) is 91.9 Å². The second-order valence-corrected chi connectivity index (χ2v) is 14.7. The standard InChI is InChI=1S/C54H37N4O2.Pt/c1-36-30-51(55-33-47(36)39-20-10-5-11-21-39)58-48-27-13-12-24-45(48)46-29-28-42(32-49(46)58)60-41-23-14-22-40(31-41)50-34-59-54-53(56(2)35-57(50)54)52-43(37-16-6-3-7-17-37)25-15-26-44(52)38-18-8-4-9-19-38;/h3-30,33-35H,1-2H3;/q-3;/i5D,10D,11D,20D,21D;. The van der Waals surface area contributed by atoms with Crippen molar-refractivity contribution in [2.75, 3.05) is 7.05 Å². The smallest absolute Gasteiger partial charge is 0.184 e. The van der Waals surface area contributed by atoms with Gasteiger partial charge in [0.05, 0.1) is 18.8 Å². The number of fused-ring (bicyclic) bond motifs is 4. The Morgan fingerprint density at radius 3 is 2.11 bits per heavy atom. The maximum atomic E-state index is 8.56.